The van der Waals surface area contributed by atoms with Gasteiger partial charge in [0, 0.05) is 6.20 Å². The van der Waals surface area contributed by atoms with Gasteiger partial charge in [0.2, 0.25) is 0 Å². The number of H-pyrrole nitrogens is 1. The molecule has 22 heavy (non-hydrogen) atoms. The van der Waals surface area contributed by atoms with Crippen molar-refractivity contribution in [1.82, 2.24) is 15.0 Å². The molecule has 2 aromatic heterocycles. The summed E-state index contributed by atoms with van der Waals surface area (Å²) < 4.78 is 0. The zero-order chi connectivity index (χ0) is 15.7. The first-order chi connectivity index (χ1) is 10.5. The average Bonchev–Trinajstić information content (AvgIpc) is 2.47. The molecule has 7 heteroatoms. The second-order valence-corrected chi connectivity index (χ2v) is 5.95. The summed E-state index contributed by atoms with van der Waals surface area (Å²) in [4.78, 5) is 23.0. The smallest absolute Gasteiger partial charge is 0.271 e. The molecule has 1 saturated carbocycles. The van der Waals surface area contributed by atoms with Gasteiger partial charge in [-0.3, -0.25) is 9.78 Å². The van der Waals surface area contributed by atoms with Crippen LogP contribution >= 0.6 is 11.6 Å². The van der Waals surface area contributed by atoms with Gasteiger partial charge < -0.3 is 15.4 Å². The van der Waals surface area contributed by atoms with Gasteiger partial charge in [-0.15, -0.1) is 0 Å². The van der Waals surface area contributed by atoms with Crippen LogP contribution in [0.3, 0.4) is 0 Å². The van der Waals surface area contributed by atoms with Crippen molar-refractivity contribution in [2.75, 3.05) is 5.32 Å². The number of hydrogen-bond acceptors (Lipinski definition) is 5. The number of nitrogens with zero attached hydrogens (tertiary/aromatic N) is 2. The molecule has 0 saturated heterocycles. The first-order valence-corrected chi connectivity index (χ1v) is 7.54. The molecule has 0 radical (unpaired) electrons. The summed E-state index contributed by atoms with van der Waals surface area (Å²) >= 11 is 6.05. The van der Waals surface area contributed by atoms with Crippen LogP contribution in [-0.2, 0) is 0 Å². The molecular formula is C15H17ClN4O2. The van der Waals surface area contributed by atoms with E-state index >= 15 is 0 Å². The van der Waals surface area contributed by atoms with Crippen LogP contribution in [0.2, 0.25) is 5.02 Å². The van der Waals surface area contributed by atoms with Crippen LogP contribution in [0.15, 0.2) is 29.2 Å². The number of aliphatic hydroxyl groups is 1. The van der Waals surface area contributed by atoms with Gasteiger partial charge in [-0.05, 0) is 37.8 Å². The van der Waals surface area contributed by atoms with Crippen molar-refractivity contribution < 1.29 is 5.11 Å². The quantitative estimate of drug-likeness (QED) is 0.802. The maximum Gasteiger partial charge on any atom is 0.271 e. The Labute approximate surface area is 132 Å². The number of anilines is 1. The van der Waals surface area contributed by atoms with Crippen LogP contribution in [-0.4, -0.2) is 26.2 Å². The summed E-state index contributed by atoms with van der Waals surface area (Å²) in [6.07, 6.45) is 2.82. The lowest BCUT2D eigenvalue weighted by Gasteiger charge is -2.38. The molecule has 2 aromatic rings. The van der Waals surface area contributed by atoms with Crippen LogP contribution in [0.25, 0.3) is 0 Å². The van der Waals surface area contributed by atoms with Gasteiger partial charge in [0.15, 0.2) is 5.82 Å². The highest BCUT2D eigenvalue weighted by Gasteiger charge is 2.36. The monoisotopic (exact) mass is 320 g/mol. The summed E-state index contributed by atoms with van der Waals surface area (Å²) in [6.45, 7) is 1.70. The van der Waals surface area contributed by atoms with Crippen molar-refractivity contribution in [2.24, 2.45) is 5.92 Å². The van der Waals surface area contributed by atoms with E-state index in [0.29, 0.717) is 24.5 Å². The third kappa shape index (κ3) is 2.98. The predicted octanol–water partition coefficient (Wildman–Crippen LogP) is 2.05. The molecule has 0 bridgehead atoms. The number of pyridine rings is 1. The topological polar surface area (TPSA) is 90.9 Å². The molecule has 3 N–H and O–H groups in total. The van der Waals surface area contributed by atoms with Gasteiger partial charge in [0.1, 0.15) is 10.8 Å². The second kappa shape index (κ2) is 6.06. The lowest BCUT2D eigenvalue weighted by molar-refractivity contribution is 0.0334. The predicted molar refractivity (Wildman–Crippen MR) is 83.9 cm³/mol. The molecule has 1 fully saturated rings. The highest BCUT2D eigenvalue weighted by atomic mass is 35.5. The van der Waals surface area contributed by atoms with Crippen molar-refractivity contribution in [3.05, 3.63) is 51.3 Å². The number of nitrogens with one attached hydrogen (secondary N) is 2. The van der Waals surface area contributed by atoms with Crippen molar-refractivity contribution in [1.29, 1.82) is 0 Å². The molecule has 3 rings (SSSR count). The number of aromatic nitrogens is 3. The van der Waals surface area contributed by atoms with Crippen LogP contribution in [0, 0.1) is 12.8 Å². The Morgan fingerprint density at radius 1 is 1.45 bits per heavy atom. The van der Waals surface area contributed by atoms with Crippen molar-refractivity contribution in [2.45, 2.75) is 31.9 Å². The van der Waals surface area contributed by atoms with Gasteiger partial charge in [0.05, 0.1) is 17.8 Å². The second-order valence-electron chi connectivity index (χ2n) is 5.58. The maximum absolute atomic E-state index is 11.8. The van der Waals surface area contributed by atoms with E-state index < -0.39 is 0 Å². The molecule has 0 amide bonds. The van der Waals surface area contributed by atoms with E-state index in [1.165, 1.54) is 0 Å². The Hall–Kier alpha value is -1.92. The molecule has 1 aliphatic rings. The van der Waals surface area contributed by atoms with Gasteiger partial charge in [-0.25, -0.2) is 4.98 Å². The zero-order valence-corrected chi connectivity index (χ0v) is 12.8. The van der Waals surface area contributed by atoms with E-state index in [4.69, 9.17) is 11.6 Å². The minimum atomic E-state index is -0.370. The molecule has 6 nitrogen and oxygen atoms in total. The summed E-state index contributed by atoms with van der Waals surface area (Å²) in [5.74, 6) is 1.06. The van der Waals surface area contributed by atoms with Gasteiger partial charge in [0.25, 0.3) is 5.56 Å². The van der Waals surface area contributed by atoms with Crippen molar-refractivity contribution in [3.63, 3.8) is 0 Å². The van der Waals surface area contributed by atoms with Gasteiger partial charge >= 0.3 is 0 Å². The van der Waals surface area contributed by atoms with Crippen molar-refractivity contribution >= 4 is 17.4 Å². The minimum absolute atomic E-state index is 0.0337. The standard InChI is InChI=1S/C15H17ClN4O2/c1-8-18-14(12(16)15(22)19-8)20-13(9-6-10(21)7-9)11-4-2-3-5-17-11/h2-5,9-10,13,21H,6-7H2,1H3,(H2,18,19,20,22)/t9?,10?,13-/m1/s1. The highest BCUT2D eigenvalue weighted by Crippen LogP contribution is 2.39. The molecule has 1 atom stereocenters. The van der Waals surface area contributed by atoms with E-state index in [0.717, 1.165) is 5.69 Å². The number of aryl methyl sites for hydroxylation is 1. The lowest BCUT2D eigenvalue weighted by Crippen LogP contribution is -2.36. The molecule has 0 aromatic carbocycles. The number of aliphatic hydroxyl groups excluding tert-OH is 1. The van der Waals surface area contributed by atoms with Crippen LogP contribution in [0.5, 0.6) is 0 Å². The normalized spacial score (nSPS) is 22.0. The molecule has 0 unspecified atom stereocenters. The third-order valence-corrected chi connectivity index (χ3v) is 4.25. The van der Waals surface area contributed by atoms with E-state index in [1.807, 2.05) is 18.2 Å². The number of rotatable bonds is 4. The molecule has 116 valence electrons. The molecular weight excluding hydrogens is 304 g/mol. The fourth-order valence-electron chi connectivity index (χ4n) is 2.71. The lowest BCUT2D eigenvalue weighted by atomic mass is 9.76. The van der Waals surface area contributed by atoms with Crippen LogP contribution in [0.4, 0.5) is 5.82 Å². The summed E-state index contributed by atoms with van der Waals surface area (Å²) in [7, 11) is 0. The number of aromatic amines is 1. The Morgan fingerprint density at radius 2 is 2.23 bits per heavy atom. The Balaban J connectivity index is 1.92. The largest absolute Gasteiger partial charge is 0.393 e. The highest BCUT2D eigenvalue weighted by molar-refractivity contribution is 6.32. The fraction of sp³-hybridized carbons (Fsp3) is 0.400. The van der Waals surface area contributed by atoms with Crippen LogP contribution < -0.4 is 10.9 Å². The molecule has 0 spiro atoms. The van der Waals surface area contributed by atoms with E-state index in [2.05, 4.69) is 20.3 Å². The first kappa shape index (κ1) is 15.0. The van der Waals surface area contributed by atoms with Crippen molar-refractivity contribution in [3.8, 4) is 0 Å². The fourth-order valence-corrected chi connectivity index (χ4v) is 2.85. The Morgan fingerprint density at radius 3 is 2.86 bits per heavy atom. The zero-order valence-electron chi connectivity index (χ0n) is 12.1. The number of hydrogen-bond donors (Lipinski definition) is 3. The number of halogens is 1. The minimum Gasteiger partial charge on any atom is -0.393 e. The Kier molecular flexibility index (Phi) is 4.13. The molecule has 2 heterocycles. The van der Waals surface area contributed by atoms with Crippen LogP contribution in [0.1, 0.15) is 30.4 Å². The molecule has 1 aliphatic carbocycles. The summed E-state index contributed by atoms with van der Waals surface area (Å²) in [5.41, 5.74) is 0.472. The van der Waals surface area contributed by atoms with E-state index in [9.17, 15) is 9.90 Å². The maximum atomic E-state index is 11.8. The third-order valence-electron chi connectivity index (χ3n) is 3.90. The van der Waals surface area contributed by atoms with E-state index in [-0.39, 0.29) is 28.6 Å². The average molecular weight is 321 g/mol. The SMILES string of the molecule is Cc1nc(N[C@@H](c2ccccn2)C2CC(O)C2)c(Cl)c(=O)[nH]1. The van der Waals surface area contributed by atoms with E-state index in [1.54, 1.807) is 13.1 Å². The summed E-state index contributed by atoms with van der Waals surface area (Å²) in [6, 6.07) is 5.52. The summed E-state index contributed by atoms with van der Waals surface area (Å²) in [5, 5.41) is 12.8. The Bertz CT molecular complexity index is 713. The first-order valence-electron chi connectivity index (χ1n) is 7.16. The molecule has 0 aliphatic heterocycles. The van der Waals surface area contributed by atoms with Gasteiger partial charge in [-0.1, -0.05) is 17.7 Å². The van der Waals surface area contributed by atoms with Gasteiger partial charge in [-0.2, -0.15) is 0 Å².